The molecular weight excluding hydrogens is 336 g/mol. The summed E-state index contributed by atoms with van der Waals surface area (Å²) in [6.07, 6.45) is 3.88. The van der Waals surface area contributed by atoms with Gasteiger partial charge < -0.3 is 9.80 Å². The first-order chi connectivity index (χ1) is 11.2. The van der Waals surface area contributed by atoms with Crippen molar-refractivity contribution in [1.29, 1.82) is 0 Å². The van der Waals surface area contributed by atoms with Gasteiger partial charge in [0.05, 0.1) is 6.04 Å². The van der Waals surface area contributed by atoms with Gasteiger partial charge in [-0.25, -0.2) is 4.31 Å². The van der Waals surface area contributed by atoms with Crippen molar-refractivity contribution in [2.45, 2.75) is 25.0 Å². The van der Waals surface area contributed by atoms with E-state index in [4.69, 9.17) is 4.55 Å². The largest absolute Gasteiger partial charge is 0.377 e. The highest BCUT2D eigenvalue weighted by Crippen LogP contribution is 2.35. The average Bonchev–Trinajstić information content (AvgIpc) is 2.85. The van der Waals surface area contributed by atoms with Gasteiger partial charge in [0.15, 0.2) is 12.4 Å². The normalized spacial score (nSPS) is 23.0. The lowest BCUT2D eigenvalue weighted by molar-refractivity contribution is -0.685. The zero-order chi connectivity index (χ0) is 17.6. The first kappa shape index (κ1) is 16.7. The number of β-lactam (4-membered cyclic amide) rings is 1. The van der Waals surface area contributed by atoms with Crippen LogP contribution in [-0.4, -0.2) is 66.7 Å². The molecule has 0 unspecified atom stereocenters. The SMILES string of the molecule is CN(C)c1cc[n+](CC(=O)N2CC[C@@H]3[C@H]2C(=O)N3S(=O)(=O)O)cc1. The molecule has 1 aromatic rings. The number of anilines is 1. The van der Waals surface area contributed by atoms with Crippen LogP contribution in [0, 0.1) is 0 Å². The minimum atomic E-state index is -4.55. The van der Waals surface area contributed by atoms with Gasteiger partial charge in [0.25, 0.3) is 11.8 Å². The van der Waals surface area contributed by atoms with Gasteiger partial charge in [-0.15, -0.1) is 0 Å². The molecule has 2 fully saturated rings. The van der Waals surface area contributed by atoms with Crippen molar-refractivity contribution in [3.8, 4) is 0 Å². The molecule has 1 aromatic heterocycles. The lowest BCUT2D eigenvalue weighted by Gasteiger charge is -2.42. The summed E-state index contributed by atoms with van der Waals surface area (Å²) in [5.74, 6) is -1.00. The molecule has 3 rings (SSSR count). The van der Waals surface area contributed by atoms with E-state index in [1.54, 1.807) is 17.0 Å². The van der Waals surface area contributed by atoms with E-state index in [0.29, 0.717) is 17.3 Å². The number of hydrogen-bond donors (Lipinski definition) is 1. The van der Waals surface area contributed by atoms with Crippen LogP contribution in [0.1, 0.15) is 6.42 Å². The Labute approximate surface area is 140 Å². The molecule has 0 saturated carbocycles. The van der Waals surface area contributed by atoms with Crippen molar-refractivity contribution in [2.24, 2.45) is 0 Å². The van der Waals surface area contributed by atoms with Crippen LogP contribution in [-0.2, 0) is 26.4 Å². The Kier molecular flexibility index (Phi) is 3.96. The summed E-state index contributed by atoms with van der Waals surface area (Å²) in [5.41, 5.74) is 0.998. The van der Waals surface area contributed by atoms with E-state index >= 15 is 0 Å². The fourth-order valence-electron chi connectivity index (χ4n) is 3.20. The third kappa shape index (κ3) is 2.71. The second kappa shape index (κ2) is 5.71. The van der Waals surface area contributed by atoms with Gasteiger partial charge >= 0.3 is 10.3 Å². The molecule has 2 amide bonds. The van der Waals surface area contributed by atoms with Crippen molar-refractivity contribution in [1.82, 2.24) is 9.21 Å². The molecular formula is C14H19N4O5S+. The molecule has 3 heterocycles. The lowest BCUT2D eigenvalue weighted by atomic mass is 10.0. The predicted octanol–water partition coefficient (Wildman–Crippen LogP) is -1.35. The minimum absolute atomic E-state index is 0.0656. The topological polar surface area (TPSA) is 102 Å². The van der Waals surface area contributed by atoms with Gasteiger partial charge in [0.1, 0.15) is 6.04 Å². The van der Waals surface area contributed by atoms with Gasteiger partial charge in [0, 0.05) is 38.5 Å². The number of hydrogen-bond acceptors (Lipinski definition) is 5. The Balaban J connectivity index is 1.68. The summed E-state index contributed by atoms with van der Waals surface area (Å²) >= 11 is 0. The molecule has 0 aliphatic carbocycles. The molecule has 2 atom stereocenters. The Bertz CT molecular complexity index is 777. The molecule has 0 aromatic carbocycles. The van der Waals surface area contributed by atoms with Crippen LogP contribution in [0.15, 0.2) is 24.5 Å². The molecule has 0 bridgehead atoms. The number of nitrogens with zero attached hydrogens (tertiary/aromatic N) is 4. The van der Waals surface area contributed by atoms with Crippen molar-refractivity contribution < 1.29 is 27.1 Å². The Hall–Kier alpha value is -2.20. The second-order valence-corrected chi connectivity index (χ2v) is 7.41. The van der Waals surface area contributed by atoms with E-state index in [9.17, 15) is 18.0 Å². The number of pyridine rings is 1. The quantitative estimate of drug-likeness (QED) is 0.407. The smallest absolute Gasteiger partial charge is 0.362 e. The molecule has 10 heteroatoms. The van der Waals surface area contributed by atoms with E-state index in [1.807, 2.05) is 31.1 Å². The van der Waals surface area contributed by atoms with Gasteiger partial charge in [0.2, 0.25) is 6.54 Å². The highest BCUT2D eigenvalue weighted by molar-refractivity contribution is 7.84. The Morgan fingerprint density at radius 2 is 2.00 bits per heavy atom. The minimum Gasteiger partial charge on any atom is -0.377 e. The zero-order valence-electron chi connectivity index (χ0n) is 13.4. The van der Waals surface area contributed by atoms with E-state index in [2.05, 4.69) is 0 Å². The molecule has 1 N–H and O–H groups in total. The maximum absolute atomic E-state index is 12.4. The van der Waals surface area contributed by atoms with Gasteiger partial charge in [-0.2, -0.15) is 13.0 Å². The van der Waals surface area contributed by atoms with Crippen molar-refractivity contribution in [2.75, 3.05) is 25.5 Å². The number of carbonyl (C=O) groups excluding carboxylic acids is 2. The number of amides is 2. The van der Waals surface area contributed by atoms with Gasteiger partial charge in [-0.1, -0.05) is 0 Å². The lowest BCUT2D eigenvalue weighted by Crippen LogP contribution is -2.68. The summed E-state index contributed by atoms with van der Waals surface area (Å²) in [7, 11) is -0.724. The molecule has 2 saturated heterocycles. The zero-order valence-corrected chi connectivity index (χ0v) is 14.2. The molecule has 0 radical (unpaired) electrons. The fraction of sp³-hybridized carbons (Fsp3) is 0.500. The highest BCUT2D eigenvalue weighted by atomic mass is 32.2. The third-order valence-electron chi connectivity index (χ3n) is 4.41. The van der Waals surface area contributed by atoms with Crippen LogP contribution in [0.4, 0.5) is 5.69 Å². The third-order valence-corrected chi connectivity index (χ3v) is 5.36. The van der Waals surface area contributed by atoms with E-state index in [-0.39, 0.29) is 12.5 Å². The van der Waals surface area contributed by atoms with E-state index in [0.717, 1.165) is 5.69 Å². The molecule has 130 valence electrons. The van der Waals surface area contributed by atoms with Crippen molar-refractivity contribution >= 4 is 27.8 Å². The molecule has 9 nitrogen and oxygen atoms in total. The van der Waals surface area contributed by atoms with Crippen LogP contribution in [0.25, 0.3) is 0 Å². The standard InChI is InChI=1S/C14H18N4O5S/c1-15(2)10-3-6-16(7-4-10)9-12(19)17-8-5-11-13(17)14(20)18(11)24(21,22)23/h3-4,6-7,11,13H,5,8-9H2,1-2H3/p+1/t11-,13+/m1/s1. The van der Waals surface area contributed by atoms with Crippen LogP contribution in [0.2, 0.25) is 0 Å². The van der Waals surface area contributed by atoms with Crippen LogP contribution >= 0.6 is 0 Å². The average molecular weight is 355 g/mol. The van der Waals surface area contributed by atoms with E-state index in [1.165, 1.54) is 4.90 Å². The van der Waals surface area contributed by atoms with Gasteiger partial charge in [-0.05, 0) is 6.42 Å². The fourth-order valence-corrected chi connectivity index (χ4v) is 4.09. The van der Waals surface area contributed by atoms with Crippen molar-refractivity contribution in [3.05, 3.63) is 24.5 Å². The maximum Gasteiger partial charge on any atom is 0.362 e. The van der Waals surface area contributed by atoms with E-state index < -0.39 is 28.3 Å². The summed E-state index contributed by atoms with van der Waals surface area (Å²) in [5, 5.41) is 0. The van der Waals surface area contributed by atoms with Crippen LogP contribution < -0.4 is 9.47 Å². The number of aromatic nitrogens is 1. The summed E-state index contributed by atoms with van der Waals surface area (Å²) in [6.45, 7) is 0.359. The number of fused-ring (bicyclic) bond motifs is 1. The summed E-state index contributed by atoms with van der Waals surface area (Å²) in [4.78, 5) is 27.7. The molecule has 24 heavy (non-hydrogen) atoms. The second-order valence-electron chi connectivity index (χ2n) is 6.12. The maximum atomic E-state index is 12.4. The molecule has 2 aliphatic rings. The van der Waals surface area contributed by atoms with Crippen LogP contribution in [0.5, 0.6) is 0 Å². The molecule has 0 spiro atoms. The predicted molar refractivity (Wildman–Crippen MR) is 83.3 cm³/mol. The highest BCUT2D eigenvalue weighted by Gasteiger charge is 2.60. The first-order valence-corrected chi connectivity index (χ1v) is 8.86. The Morgan fingerprint density at radius 3 is 2.54 bits per heavy atom. The Morgan fingerprint density at radius 1 is 1.38 bits per heavy atom. The van der Waals surface area contributed by atoms with Gasteiger partial charge in [-0.3, -0.25) is 14.1 Å². The number of carbonyl (C=O) groups is 2. The van der Waals surface area contributed by atoms with Crippen LogP contribution in [0.3, 0.4) is 0 Å². The number of likely N-dealkylation sites (tertiary alicyclic amines) is 1. The monoisotopic (exact) mass is 355 g/mol. The van der Waals surface area contributed by atoms with Crippen molar-refractivity contribution in [3.63, 3.8) is 0 Å². The summed E-state index contributed by atoms with van der Waals surface area (Å²) in [6, 6.07) is 2.29. The number of rotatable bonds is 4. The molecule has 2 aliphatic heterocycles. The first-order valence-electron chi connectivity index (χ1n) is 7.47. The summed E-state index contributed by atoms with van der Waals surface area (Å²) < 4.78 is 33.6.